The summed E-state index contributed by atoms with van der Waals surface area (Å²) in [4.78, 5) is 19.3. The number of amides is 2. The lowest BCUT2D eigenvalue weighted by Crippen LogP contribution is -2.63. The summed E-state index contributed by atoms with van der Waals surface area (Å²) in [6.45, 7) is 5.96. The SMILES string of the molecule is CC(C)(c1cc(Cl)cc(Cl)c1)N1CN(CCBr)CN(c2ccccc2)C1=O. The highest BCUT2D eigenvalue weighted by Gasteiger charge is 2.40. The number of hydrogen-bond acceptors (Lipinski definition) is 2. The van der Waals surface area contributed by atoms with Crippen molar-refractivity contribution in [3.8, 4) is 0 Å². The fraction of sp³-hybridized carbons (Fsp3) is 0.350. The number of carbonyl (C=O) groups is 1. The lowest BCUT2D eigenvalue weighted by Gasteiger charge is -2.49. The minimum Gasteiger partial charge on any atom is -0.302 e. The topological polar surface area (TPSA) is 26.8 Å². The molecule has 0 radical (unpaired) electrons. The Balaban J connectivity index is 1.99. The molecular formula is C20H22BrCl2N3O. The second-order valence-electron chi connectivity index (χ2n) is 7.06. The second-order valence-corrected chi connectivity index (χ2v) is 8.72. The zero-order valence-electron chi connectivity index (χ0n) is 15.3. The van der Waals surface area contributed by atoms with Gasteiger partial charge in [-0.1, -0.05) is 57.3 Å². The molecule has 0 saturated carbocycles. The molecule has 27 heavy (non-hydrogen) atoms. The Morgan fingerprint density at radius 3 is 2.26 bits per heavy atom. The van der Waals surface area contributed by atoms with Crippen molar-refractivity contribution in [2.45, 2.75) is 19.4 Å². The molecule has 4 nitrogen and oxygen atoms in total. The van der Waals surface area contributed by atoms with Gasteiger partial charge in [-0.3, -0.25) is 9.80 Å². The van der Waals surface area contributed by atoms with Crippen LogP contribution in [0.1, 0.15) is 19.4 Å². The molecule has 0 atom stereocenters. The Labute approximate surface area is 178 Å². The van der Waals surface area contributed by atoms with Crippen LogP contribution in [-0.4, -0.2) is 41.0 Å². The van der Waals surface area contributed by atoms with E-state index in [1.54, 1.807) is 11.0 Å². The van der Waals surface area contributed by atoms with Crippen molar-refractivity contribution in [3.63, 3.8) is 0 Å². The summed E-state index contributed by atoms with van der Waals surface area (Å²) in [7, 11) is 0. The number of para-hydroxylation sites is 1. The summed E-state index contributed by atoms with van der Waals surface area (Å²) in [5.74, 6) is 0. The predicted molar refractivity (Wildman–Crippen MR) is 116 cm³/mol. The van der Waals surface area contributed by atoms with E-state index in [4.69, 9.17) is 23.2 Å². The third-order valence-corrected chi connectivity index (χ3v) is 5.65. The molecule has 1 aliphatic heterocycles. The molecule has 1 aliphatic rings. The average Bonchev–Trinajstić information content (AvgIpc) is 2.63. The maximum atomic E-state index is 13.4. The highest BCUT2D eigenvalue weighted by Crippen LogP contribution is 2.35. The van der Waals surface area contributed by atoms with E-state index in [0.29, 0.717) is 23.4 Å². The standard InChI is InChI=1S/C20H22BrCl2N3O/c1-20(2,15-10-16(22)12-17(23)11-15)26-14-24(9-8-21)13-25(19(26)27)18-6-4-3-5-7-18/h3-7,10-12H,8-9,13-14H2,1-2H3. The summed E-state index contributed by atoms with van der Waals surface area (Å²) in [5, 5.41) is 1.96. The van der Waals surface area contributed by atoms with Crippen LogP contribution in [0.4, 0.5) is 10.5 Å². The molecule has 144 valence electrons. The average molecular weight is 471 g/mol. The van der Waals surface area contributed by atoms with E-state index in [0.717, 1.165) is 23.1 Å². The van der Waals surface area contributed by atoms with Gasteiger partial charge in [-0.05, 0) is 49.7 Å². The number of anilines is 1. The molecule has 7 heteroatoms. The van der Waals surface area contributed by atoms with Crippen molar-refractivity contribution in [3.05, 3.63) is 64.1 Å². The zero-order chi connectivity index (χ0) is 19.6. The van der Waals surface area contributed by atoms with Gasteiger partial charge in [0.05, 0.1) is 18.9 Å². The first-order valence-corrected chi connectivity index (χ1v) is 10.6. The highest BCUT2D eigenvalue weighted by atomic mass is 79.9. The Morgan fingerprint density at radius 2 is 1.67 bits per heavy atom. The number of rotatable bonds is 5. The van der Waals surface area contributed by atoms with Gasteiger partial charge in [0, 0.05) is 27.6 Å². The molecule has 0 unspecified atom stereocenters. The summed E-state index contributed by atoms with van der Waals surface area (Å²) in [6, 6.07) is 15.2. The number of benzene rings is 2. The molecule has 1 fully saturated rings. The number of urea groups is 1. The van der Waals surface area contributed by atoms with Crippen LogP contribution in [0.3, 0.4) is 0 Å². The summed E-state index contributed by atoms with van der Waals surface area (Å²) < 4.78 is 0. The van der Waals surface area contributed by atoms with Crippen molar-refractivity contribution in [1.82, 2.24) is 9.80 Å². The predicted octanol–water partition coefficient (Wildman–Crippen LogP) is 5.78. The van der Waals surface area contributed by atoms with E-state index in [9.17, 15) is 4.79 Å². The zero-order valence-corrected chi connectivity index (χ0v) is 18.4. The molecule has 0 spiro atoms. The van der Waals surface area contributed by atoms with E-state index in [2.05, 4.69) is 20.8 Å². The summed E-state index contributed by atoms with van der Waals surface area (Å²) in [6.07, 6.45) is 0. The Morgan fingerprint density at radius 1 is 1.04 bits per heavy atom. The lowest BCUT2D eigenvalue weighted by atomic mass is 9.92. The molecule has 3 rings (SSSR count). The first-order chi connectivity index (χ1) is 12.8. The number of alkyl halides is 1. The van der Waals surface area contributed by atoms with Crippen LogP contribution in [0.25, 0.3) is 0 Å². The van der Waals surface area contributed by atoms with Crippen molar-refractivity contribution >= 4 is 50.9 Å². The Hall–Kier alpha value is -1.27. The fourth-order valence-electron chi connectivity index (χ4n) is 3.25. The molecule has 1 heterocycles. The van der Waals surface area contributed by atoms with Gasteiger partial charge in [-0.15, -0.1) is 0 Å². The lowest BCUT2D eigenvalue weighted by molar-refractivity contribution is 0.0575. The number of hydrogen-bond donors (Lipinski definition) is 0. The molecule has 0 bridgehead atoms. The van der Waals surface area contributed by atoms with Crippen LogP contribution in [0.5, 0.6) is 0 Å². The minimum absolute atomic E-state index is 0.0341. The van der Waals surface area contributed by atoms with Crippen molar-refractivity contribution < 1.29 is 4.79 Å². The summed E-state index contributed by atoms with van der Waals surface area (Å²) in [5.41, 5.74) is 1.21. The van der Waals surface area contributed by atoms with Gasteiger partial charge >= 0.3 is 6.03 Å². The van der Waals surface area contributed by atoms with Crippen LogP contribution in [0.2, 0.25) is 10.0 Å². The van der Waals surface area contributed by atoms with Gasteiger partial charge in [0.1, 0.15) is 0 Å². The van der Waals surface area contributed by atoms with E-state index in [-0.39, 0.29) is 6.03 Å². The number of halogens is 3. The molecular weight excluding hydrogens is 449 g/mol. The molecule has 0 aliphatic carbocycles. The number of nitrogens with zero attached hydrogens (tertiary/aromatic N) is 3. The van der Waals surface area contributed by atoms with E-state index >= 15 is 0 Å². The van der Waals surface area contributed by atoms with Gasteiger partial charge in [-0.2, -0.15) is 0 Å². The van der Waals surface area contributed by atoms with Crippen molar-refractivity contribution in [1.29, 1.82) is 0 Å². The molecule has 0 aromatic heterocycles. The van der Waals surface area contributed by atoms with Gasteiger partial charge in [0.25, 0.3) is 0 Å². The van der Waals surface area contributed by atoms with E-state index < -0.39 is 5.54 Å². The van der Waals surface area contributed by atoms with Crippen LogP contribution in [0.15, 0.2) is 48.5 Å². The molecule has 2 aromatic carbocycles. The third-order valence-electron chi connectivity index (χ3n) is 4.86. The molecule has 1 saturated heterocycles. The largest absolute Gasteiger partial charge is 0.327 e. The smallest absolute Gasteiger partial charge is 0.302 e. The Bertz CT molecular complexity index is 796. The number of carbonyl (C=O) groups excluding carboxylic acids is 1. The van der Waals surface area contributed by atoms with Crippen LogP contribution >= 0.6 is 39.1 Å². The van der Waals surface area contributed by atoms with Crippen molar-refractivity contribution in [2.24, 2.45) is 0 Å². The third kappa shape index (κ3) is 4.43. The summed E-state index contributed by atoms with van der Waals surface area (Å²) >= 11 is 16.0. The first-order valence-electron chi connectivity index (χ1n) is 8.72. The maximum Gasteiger partial charge on any atom is 0.327 e. The molecule has 2 amide bonds. The van der Waals surface area contributed by atoms with Crippen LogP contribution < -0.4 is 4.90 Å². The normalized spacial score (nSPS) is 16.1. The maximum absolute atomic E-state index is 13.4. The first kappa shape index (κ1) is 20.5. The fourth-order valence-corrected chi connectivity index (χ4v) is 4.28. The van der Waals surface area contributed by atoms with Gasteiger partial charge in [0.2, 0.25) is 0 Å². The monoisotopic (exact) mass is 469 g/mol. The van der Waals surface area contributed by atoms with E-state index in [1.807, 2.05) is 61.2 Å². The van der Waals surface area contributed by atoms with Gasteiger partial charge in [-0.25, -0.2) is 4.79 Å². The Kier molecular flexibility index (Phi) is 6.36. The molecule has 2 aromatic rings. The van der Waals surface area contributed by atoms with Gasteiger partial charge in [0.15, 0.2) is 0 Å². The van der Waals surface area contributed by atoms with Crippen LogP contribution in [0, 0.1) is 0 Å². The second kappa shape index (κ2) is 8.39. The quantitative estimate of drug-likeness (QED) is 0.517. The van der Waals surface area contributed by atoms with Crippen LogP contribution in [-0.2, 0) is 5.54 Å². The van der Waals surface area contributed by atoms with E-state index in [1.165, 1.54) is 0 Å². The minimum atomic E-state index is -0.580. The molecule has 0 N–H and O–H groups in total. The highest BCUT2D eigenvalue weighted by molar-refractivity contribution is 9.09. The van der Waals surface area contributed by atoms with Crippen molar-refractivity contribution in [2.75, 3.05) is 30.1 Å². The van der Waals surface area contributed by atoms with Gasteiger partial charge < -0.3 is 4.90 Å².